The first-order valence-electron chi connectivity index (χ1n) is 9.88. The largest absolute Gasteiger partial charge is 0.497 e. The number of hydrogen-bond donors (Lipinski definition) is 0. The number of nitrogens with zero attached hydrogens (tertiary/aromatic N) is 1. The molecule has 0 aliphatic heterocycles. The third kappa shape index (κ3) is 5.08. The van der Waals surface area contributed by atoms with Crippen LogP contribution in [-0.2, 0) is 12.8 Å². The minimum absolute atomic E-state index is 0.803. The van der Waals surface area contributed by atoms with Gasteiger partial charge in [-0.1, -0.05) is 23.8 Å². The van der Waals surface area contributed by atoms with Crippen molar-refractivity contribution in [1.82, 2.24) is 4.90 Å². The number of fused-ring (bicyclic) bond motifs is 1. The molecule has 0 bridgehead atoms. The average molecular weight is 382 g/mol. The van der Waals surface area contributed by atoms with Crippen LogP contribution in [0.3, 0.4) is 0 Å². The molecule has 2 aromatic rings. The predicted molar refractivity (Wildman–Crippen MR) is 115 cm³/mol. The zero-order valence-electron chi connectivity index (χ0n) is 17.5. The van der Waals surface area contributed by atoms with Crippen LogP contribution in [0.5, 0.6) is 17.2 Å². The first kappa shape index (κ1) is 20.3. The summed E-state index contributed by atoms with van der Waals surface area (Å²) in [6.07, 6.45) is 6.70. The number of rotatable bonds is 10. The zero-order chi connectivity index (χ0) is 19.9. The number of hydrogen-bond acceptors (Lipinski definition) is 4. The summed E-state index contributed by atoms with van der Waals surface area (Å²) in [6.45, 7) is 2.18. The van der Waals surface area contributed by atoms with E-state index in [-0.39, 0.29) is 0 Å². The van der Waals surface area contributed by atoms with Crippen LogP contribution in [0.2, 0.25) is 0 Å². The highest BCUT2D eigenvalue weighted by Gasteiger charge is 2.16. The minimum Gasteiger partial charge on any atom is -0.497 e. The van der Waals surface area contributed by atoms with Gasteiger partial charge in [0, 0.05) is 6.54 Å². The fourth-order valence-electron chi connectivity index (χ4n) is 3.70. The van der Waals surface area contributed by atoms with Crippen molar-refractivity contribution in [2.75, 3.05) is 41.5 Å². The van der Waals surface area contributed by atoms with Crippen LogP contribution in [-0.4, -0.2) is 46.4 Å². The molecule has 2 aromatic carbocycles. The molecule has 0 saturated heterocycles. The van der Waals surface area contributed by atoms with E-state index in [2.05, 4.69) is 42.3 Å². The van der Waals surface area contributed by atoms with Gasteiger partial charge in [0.15, 0.2) is 11.5 Å². The summed E-state index contributed by atoms with van der Waals surface area (Å²) in [5.41, 5.74) is 5.44. The molecule has 3 rings (SSSR count). The summed E-state index contributed by atoms with van der Waals surface area (Å²) in [6, 6.07) is 12.6. The van der Waals surface area contributed by atoms with Crippen LogP contribution in [0.1, 0.15) is 29.5 Å². The molecule has 0 amide bonds. The highest BCUT2D eigenvalue weighted by molar-refractivity contribution is 5.67. The average Bonchev–Trinajstić information content (AvgIpc) is 3.13. The summed E-state index contributed by atoms with van der Waals surface area (Å²) in [5, 5.41) is 0. The summed E-state index contributed by atoms with van der Waals surface area (Å²) in [5.74, 6) is 2.53. The third-order valence-corrected chi connectivity index (χ3v) is 5.40. The quantitative estimate of drug-likeness (QED) is 0.601. The van der Waals surface area contributed by atoms with Gasteiger partial charge < -0.3 is 19.1 Å². The van der Waals surface area contributed by atoms with Crippen LogP contribution >= 0.6 is 0 Å². The van der Waals surface area contributed by atoms with E-state index in [4.69, 9.17) is 14.2 Å². The van der Waals surface area contributed by atoms with Crippen molar-refractivity contribution in [2.24, 2.45) is 0 Å². The SMILES string of the molecule is COc1ccc(CCN(C)CCCC2=Cc3cc(OC)c(OC)cc3C2)cc1. The van der Waals surface area contributed by atoms with Crippen molar-refractivity contribution in [3.05, 3.63) is 58.7 Å². The van der Waals surface area contributed by atoms with E-state index in [9.17, 15) is 0 Å². The van der Waals surface area contributed by atoms with Gasteiger partial charge >= 0.3 is 0 Å². The topological polar surface area (TPSA) is 30.9 Å². The molecular formula is C24H31NO3. The zero-order valence-corrected chi connectivity index (χ0v) is 17.5. The third-order valence-electron chi connectivity index (χ3n) is 5.40. The standard InChI is InChI=1S/C24H31NO3/c1-25(13-11-18-7-9-22(26-2)10-8-18)12-5-6-19-14-20-16-23(27-3)24(28-4)17-21(20)15-19/h7-10,14,16-17H,5-6,11-13,15H2,1-4H3. The lowest BCUT2D eigenvalue weighted by Crippen LogP contribution is -2.22. The van der Waals surface area contributed by atoms with Gasteiger partial charge in [0.1, 0.15) is 5.75 Å². The molecule has 0 spiro atoms. The lowest BCUT2D eigenvalue weighted by Gasteiger charge is -2.16. The van der Waals surface area contributed by atoms with E-state index >= 15 is 0 Å². The monoisotopic (exact) mass is 381 g/mol. The summed E-state index contributed by atoms with van der Waals surface area (Å²) in [4.78, 5) is 2.42. The maximum Gasteiger partial charge on any atom is 0.161 e. The molecule has 0 aromatic heterocycles. The molecule has 0 heterocycles. The Bertz CT molecular complexity index is 811. The summed E-state index contributed by atoms with van der Waals surface area (Å²) in [7, 11) is 7.28. The van der Waals surface area contributed by atoms with E-state index < -0.39 is 0 Å². The molecular weight excluding hydrogens is 350 g/mol. The fraction of sp³-hybridized carbons (Fsp3) is 0.417. The van der Waals surface area contributed by atoms with Crippen molar-refractivity contribution in [2.45, 2.75) is 25.7 Å². The van der Waals surface area contributed by atoms with E-state index in [0.29, 0.717) is 0 Å². The lowest BCUT2D eigenvalue weighted by molar-refractivity contribution is 0.333. The van der Waals surface area contributed by atoms with Crippen LogP contribution in [0.4, 0.5) is 0 Å². The number of methoxy groups -OCH3 is 3. The Hall–Kier alpha value is -2.46. The Balaban J connectivity index is 1.43. The Labute approximate surface area is 168 Å². The molecule has 1 aliphatic carbocycles. The van der Waals surface area contributed by atoms with E-state index in [1.54, 1.807) is 21.3 Å². The number of ether oxygens (including phenoxy) is 3. The lowest BCUT2D eigenvalue weighted by atomic mass is 10.1. The molecule has 150 valence electrons. The van der Waals surface area contributed by atoms with Crippen molar-refractivity contribution in [1.29, 1.82) is 0 Å². The van der Waals surface area contributed by atoms with Crippen molar-refractivity contribution >= 4 is 6.08 Å². The molecule has 0 N–H and O–H groups in total. The Kier molecular flexibility index (Phi) is 6.99. The first-order chi connectivity index (χ1) is 13.6. The maximum absolute atomic E-state index is 5.42. The number of benzene rings is 2. The predicted octanol–water partition coefficient (Wildman–Crippen LogP) is 4.61. The second kappa shape index (κ2) is 9.65. The van der Waals surface area contributed by atoms with Gasteiger partial charge in [-0.2, -0.15) is 0 Å². The van der Waals surface area contributed by atoms with Gasteiger partial charge in [0.2, 0.25) is 0 Å². The Morgan fingerprint density at radius 1 is 0.857 bits per heavy atom. The highest BCUT2D eigenvalue weighted by atomic mass is 16.5. The maximum atomic E-state index is 5.42. The highest BCUT2D eigenvalue weighted by Crippen LogP contribution is 2.36. The van der Waals surface area contributed by atoms with E-state index in [1.165, 1.54) is 28.7 Å². The molecule has 4 heteroatoms. The van der Waals surface area contributed by atoms with Crippen LogP contribution in [0.25, 0.3) is 6.08 Å². The smallest absolute Gasteiger partial charge is 0.161 e. The molecule has 4 nitrogen and oxygen atoms in total. The molecule has 0 unspecified atom stereocenters. The molecule has 0 saturated carbocycles. The summed E-state index contributed by atoms with van der Waals surface area (Å²) >= 11 is 0. The number of likely N-dealkylation sites (N-methyl/N-ethyl adjacent to an activating group) is 1. The van der Waals surface area contributed by atoms with Crippen LogP contribution < -0.4 is 14.2 Å². The Morgan fingerprint density at radius 3 is 2.25 bits per heavy atom. The number of allylic oxidation sites excluding steroid dienone is 1. The van der Waals surface area contributed by atoms with E-state index in [1.807, 2.05) is 12.1 Å². The molecule has 0 atom stereocenters. The van der Waals surface area contributed by atoms with Crippen molar-refractivity contribution < 1.29 is 14.2 Å². The van der Waals surface area contributed by atoms with Crippen molar-refractivity contribution in [3.63, 3.8) is 0 Å². The van der Waals surface area contributed by atoms with Gasteiger partial charge in [0.25, 0.3) is 0 Å². The normalized spacial score (nSPS) is 12.7. The molecule has 1 aliphatic rings. The summed E-state index contributed by atoms with van der Waals surface area (Å²) < 4.78 is 16.1. The fourth-order valence-corrected chi connectivity index (χ4v) is 3.70. The van der Waals surface area contributed by atoms with Crippen LogP contribution in [0, 0.1) is 0 Å². The Morgan fingerprint density at radius 2 is 1.57 bits per heavy atom. The first-order valence-corrected chi connectivity index (χ1v) is 9.88. The molecule has 0 fully saturated rings. The minimum atomic E-state index is 0.803. The van der Waals surface area contributed by atoms with Gasteiger partial charge in [-0.3, -0.25) is 0 Å². The molecule has 28 heavy (non-hydrogen) atoms. The van der Waals surface area contributed by atoms with E-state index in [0.717, 1.165) is 49.6 Å². The second-order valence-electron chi connectivity index (χ2n) is 7.39. The second-order valence-corrected chi connectivity index (χ2v) is 7.39. The van der Waals surface area contributed by atoms with Gasteiger partial charge in [0.05, 0.1) is 21.3 Å². The van der Waals surface area contributed by atoms with Crippen LogP contribution in [0.15, 0.2) is 42.0 Å². The van der Waals surface area contributed by atoms with Gasteiger partial charge in [-0.15, -0.1) is 0 Å². The van der Waals surface area contributed by atoms with Crippen molar-refractivity contribution in [3.8, 4) is 17.2 Å². The molecule has 0 radical (unpaired) electrons. The van der Waals surface area contributed by atoms with Gasteiger partial charge in [-0.05, 0) is 80.2 Å². The van der Waals surface area contributed by atoms with Gasteiger partial charge in [-0.25, -0.2) is 0 Å².